The highest BCUT2D eigenvalue weighted by Gasteiger charge is 2.04. The predicted octanol–water partition coefficient (Wildman–Crippen LogP) is 2.33. The van der Waals surface area contributed by atoms with Crippen LogP contribution in [0.15, 0.2) is 29.4 Å². The van der Waals surface area contributed by atoms with E-state index >= 15 is 0 Å². The average Bonchev–Trinajstić information content (AvgIpc) is 2.95. The number of nitrogens with one attached hydrogen (secondary N) is 1. The van der Waals surface area contributed by atoms with Gasteiger partial charge in [-0.15, -0.1) is 10.2 Å². The molecule has 1 aromatic carbocycles. The Kier molecular flexibility index (Phi) is 3.16. The van der Waals surface area contributed by atoms with Crippen LogP contribution in [0.2, 0.25) is 0 Å². The van der Waals surface area contributed by atoms with E-state index in [1.807, 2.05) is 24.3 Å². The first-order valence-corrected chi connectivity index (χ1v) is 7.27. The molecular weight excluding hydrogens is 266 g/mol. The molecule has 0 radical (unpaired) electrons. The lowest BCUT2D eigenvalue weighted by Gasteiger charge is -1.93. The predicted molar refractivity (Wildman–Crippen MR) is 74.8 cm³/mol. The molecule has 7 heteroatoms. The van der Waals surface area contributed by atoms with Gasteiger partial charge >= 0.3 is 0 Å². The number of benzene rings is 1. The lowest BCUT2D eigenvalue weighted by Crippen LogP contribution is -1.88. The molecule has 0 aliphatic heterocycles. The third-order valence-electron chi connectivity index (χ3n) is 2.40. The van der Waals surface area contributed by atoms with E-state index in [0.717, 1.165) is 33.4 Å². The molecule has 92 valence electrons. The van der Waals surface area contributed by atoms with Gasteiger partial charge in [0.05, 0.1) is 11.0 Å². The number of nitrogens with zero attached hydrogens (tertiary/aromatic N) is 3. The molecule has 18 heavy (non-hydrogen) atoms. The van der Waals surface area contributed by atoms with Gasteiger partial charge in [0.25, 0.3) is 0 Å². The zero-order valence-electron chi connectivity index (χ0n) is 9.46. The standard InChI is InChI=1S/C11H11N5S2/c12-10-16-15-9(18-10)5-6-17-11-13-7-3-1-2-4-8(7)14-11/h1-4H,5-6H2,(H2,12,16)(H,13,14). The van der Waals surface area contributed by atoms with Crippen LogP contribution in [0.4, 0.5) is 5.13 Å². The van der Waals surface area contributed by atoms with Gasteiger partial charge in [-0.2, -0.15) is 0 Å². The highest BCUT2D eigenvalue weighted by Crippen LogP contribution is 2.21. The van der Waals surface area contributed by atoms with E-state index in [9.17, 15) is 0 Å². The molecule has 3 rings (SSSR count). The second-order valence-electron chi connectivity index (χ2n) is 3.69. The second kappa shape index (κ2) is 4.95. The number of nitrogen functional groups attached to an aromatic ring is 1. The third-order valence-corrected chi connectivity index (χ3v) is 4.09. The highest BCUT2D eigenvalue weighted by atomic mass is 32.2. The van der Waals surface area contributed by atoms with E-state index in [-0.39, 0.29) is 0 Å². The molecule has 0 bridgehead atoms. The lowest BCUT2D eigenvalue weighted by atomic mass is 10.3. The number of anilines is 1. The molecule has 0 spiro atoms. The van der Waals surface area contributed by atoms with Gasteiger partial charge in [0.15, 0.2) is 5.16 Å². The van der Waals surface area contributed by atoms with Crippen LogP contribution in [0, 0.1) is 0 Å². The number of nitrogens with two attached hydrogens (primary N) is 1. The summed E-state index contributed by atoms with van der Waals surface area (Å²) in [7, 11) is 0. The number of para-hydroxylation sites is 2. The summed E-state index contributed by atoms with van der Waals surface area (Å²) in [5, 5.41) is 10.2. The van der Waals surface area contributed by atoms with Crippen LogP contribution < -0.4 is 5.73 Å². The Bertz CT molecular complexity index is 627. The smallest absolute Gasteiger partial charge is 0.203 e. The number of rotatable bonds is 4. The van der Waals surface area contributed by atoms with Crippen LogP contribution in [-0.2, 0) is 6.42 Å². The first-order valence-electron chi connectivity index (χ1n) is 5.47. The van der Waals surface area contributed by atoms with Crippen LogP contribution in [0.5, 0.6) is 0 Å². The molecule has 2 aromatic heterocycles. The number of aromatic amines is 1. The van der Waals surface area contributed by atoms with E-state index in [2.05, 4.69) is 20.2 Å². The molecule has 2 heterocycles. The van der Waals surface area contributed by atoms with Crippen molar-refractivity contribution in [2.75, 3.05) is 11.5 Å². The molecule has 3 aromatic rings. The summed E-state index contributed by atoms with van der Waals surface area (Å²) >= 11 is 3.12. The topological polar surface area (TPSA) is 80.5 Å². The molecule has 0 saturated heterocycles. The summed E-state index contributed by atoms with van der Waals surface area (Å²) in [6.07, 6.45) is 0.858. The maximum atomic E-state index is 5.53. The normalized spacial score (nSPS) is 11.1. The molecule has 3 N–H and O–H groups in total. The molecule has 5 nitrogen and oxygen atoms in total. The molecule has 0 amide bonds. The van der Waals surface area contributed by atoms with Crippen molar-refractivity contribution in [1.82, 2.24) is 20.2 Å². The number of H-pyrrole nitrogens is 1. The minimum atomic E-state index is 0.527. The first kappa shape index (κ1) is 11.5. The monoisotopic (exact) mass is 277 g/mol. The largest absolute Gasteiger partial charge is 0.374 e. The van der Waals surface area contributed by atoms with E-state index < -0.39 is 0 Å². The van der Waals surface area contributed by atoms with Crippen LogP contribution in [0.3, 0.4) is 0 Å². The zero-order chi connectivity index (χ0) is 12.4. The van der Waals surface area contributed by atoms with Crippen molar-refractivity contribution in [3.63, 3.8) is 0 Å². The van der Waals surface area contributed by atoms with Crippen molar-refractivity contribution in [1.29, 1.82) is 0 Å². The second-order valence-corrected chi connectivity index (χ2v) is 5.87. The van der Waals surface area contributed by atoms with E-state index in [1.54, 1.807) is 11.8 Å². The van der Waals surface area contributed by atoms with Crippen molar-refractivity contribution in [2.24, 2.45) is 0 Å². The van der Waals surface area contributed by atoms with Gasteiger partial charge in [-0.1, -0.05) is 35.2 Å². The number of thioether (sulfide) groups is 1. The Morgan fingerprint density at radius 1 is 1.28 bits per heavy atom. The summed E-state index contributed by atoms with van der Waals surface area (Å²) in [6.45, 7) is 0. The number of aryl methyl sites for hydroxylation is 1. The highest BCUT2D eigenvalue weighted by molar-refractivity contribution is 7.99. The summed E-state index contributed by atoms with van der Waals surface area (Å²) in [5.41, 5.74) is 7.60. The number of aromatic nitrogens is 4. The lowest BCUT2D eigenvalue weighted by molar-refractivity contribution is 0.988. The van der Waals surface area contributed by atoms with Crippen molar-refractivity contribution in [2.45, 2.75) is 11.6 Å². The van der Waals surface area contributed by atoms with Crippen LogP contribution in [0.25, 0.3) is 11.0 Å². The molecular formula is C11H11N5S2. The van der Waals surface area contributed by atoms with Crippen molar-refractivity contribution in [3.05, 3.63) is 29.3 Å². The molecule has 0 atom stereocenters. The Labute approximate surface area is 112 Å². The van der Waals surface area contributed by atoms with Gasteiger partial charge in [0, 0.05) is 12.2 Å². The fraction of sp³-hybridized carbons (Fsp3) is 0.182. The summed E-state index contributed by atoms with van der Waals surface area (Å²) in [6, 6.07) is 8.01. The van der Waals surface area contributed by atoms with Gasteiger partial charge in [-0.25, -0.2) is 4.98 Å². The summed E-state index contributed by atoms with van der Waals surface area (Å²) in [5.74, 6) is 0.911. The third kappa shape index (κ3) is 2.46. The Morgan fingerprint density at radius 2 is 2.17 bits per heavy atom. The van der Waals surface area contributed by atoms with Crippen molar-refractivity contribution >= 4 is 39.3 Å². The van der Waals surface area contributed by atoms with Gasteiger partial charge < -0.3 is 10.7 Å². The summed E-state index contributed by atoms with van der Waals surface area (Å²) < 4.78 is 0. The number of imidazole rings is 1. The van der Waals surface area contributed by atoms with E-state index in [0.29, 0.717) is 5.13 Å². The minimum absolute atomic E-state index is 0.527. The molecule has 0 aliphatic rings. The van der Waals surface area contributed by atoms with Crippen molar-refractivity contribution < 1.29 is 0 Å². The van der Waals surface area contributed by atoms with Crippen LogP contribution >= 0.6 is 23.1 Å². The van der Waals surface area contributed by atoms with Gasteiger partial charge in [0.1, 0.15) is 5.01 Å². The quantitative estimate of drug-likeness (QED) is 0.715. The first-order chi connectivity index (χ1) is 8.81. The molecule has 0 aliphatic carbocycles. The van der Waals surface area contributed by atoms with Crippen molar-refractivity contribution in [3.8, 4) is 0 Å². The fourth-order valence-electron chi connectivity index (χ4n) is 1.60. The number of hydrogen-bond acceptors (Lipinski definition) is 6. The van der Waals surface area contributed by atoms with Gasteiger partial charge in [-0.05, 0) is 12.1 Å². The average molecular weight is 277 g/mol. The Balaban J connectivity index is 1.62. The zero-order valence-corrected chi connectivity index (χ0v) is 11.1. The Morgan fingerprint density at radius 3 is 2.94 bits per heavy atom. The van der Waals surface area contributed by atoms with E-state index in [1.165, 1.54) is 11.3 Å². The Hall–Kier alpha value is -1.60. The number of fused-ring (bicyclic) bond motifs is 1. The van der Waals surface area contributed by atoms with Gasteiger partial charge in [-0.3, -0.25) is 0 Å². The molecule has 0 fully saturated rings. The molecule has 0 saturated carbocycles. The van der Waals surface area contributed by atoms with Crippen LogP contribution in [-0.4, -0.2) is 25.9 Å². The van der Waals surface area contributed by atoms with E-state index in [4.69, 9.17) is 5.73 Å². The maximum absolute atomic E-state index is 5.53. The minimum Gasteiger partial charge on any atom is -0.374 e. The fourth-order valence-corrected chi connectivity index (χ4v) is 3.17. The van der Waals surface area contributed by atoms with Crippen LogP contribution in [0.1, 0.15) is 5.01 Å². The summed E-state index contributed by atoms with van der Waals surface area (Å²) in [4.78, 5) is 7.78. The number of hydrogen-bond donors (Lipinski definition) is 2. The van der Waals surface area contributed by atoms with Gasteiger partial charge in [0.2, 0.25) is 5.13 Å². The molecule has 0 unspecified atom stereocenters. The SMILES string of the molecule is Nc1nnc(CCSc2nc3ccccc3[nH]2)s1. The maximum Gasteiger partial charge on any atom is 0.203 e.